The number of nitrogens with two attached hydrogens (primary N) is 1. The van der Waals surface area contributed by atoms with Gasteiger partial charge in [-0.25, -0.2) is 0 Å². The number of aldehydes is 1. The molecule has 2 N–H and O–H groups in total. The van der Waals surface area contributed by atoms with Crippen LogP contribution in [-0.4, -0.2) is 38.0 Å². The molecule has 1 amide bonds. The Bertz CT molecular complexity index is 1170. The number of primary amides is 1. The smallest absolute Gasteiger partial charge is 0.248 e. The van der Waals surface area contributed by atoms with E-state index in [0.717, 1.165) is 31.4 Å². The molecule has 2 aromatic carbocycles. The van der Waals surface area contributed by atoms with Gasteiger partial charge in [0.25, 0.3) is 0 Å². The number of hydrogen-bond donors (Lipinski definition) is 1. The third kappa shape index (κ3) is 4.30. The van der Waals surface area contributed by atoms with Gasteiger partial charge < -0.3 is 24.9 Å². The Balaban J connectivity index is 1.63. The third-order valence-corrected chi connectivity index (χ3v) is 8.25. The first kappa shape index (κ1) is 25.6. The topological polar surface area (TPSA) is 106 Å². The normalized spacial score (nSPS) is 26.3. The van der Waals surface area contributed by atoms with E-state index in [1.54, 1.807) is 31.4 Å². The average Bonchev–Trinajstić information content (AvgIpc) is 2.86. The number of rotatable bonds is 7. The molecule has 4 rings (SSSR count). The minimum Gasteiger partial charge on any atom is -0.495 e. The first-order valence-corrected chi connectivity index (χ1v) is 12.4. The number of methoxy groups -OCH3 is 1. The largest absolute Gasteiger partial charge is 0.495 e. The van der Waals surface area contributed by atoms with Crippen LogP contribution in [-0.2, 0) is 4.79 Å². The van der Waals surface area contributed by atoms with Crippen LogP contribution < -0.4 is 20.1 Å². The maximum absolute atomic E-state index is 11.8. The van der Waals surface area contributed by atoms with E-state index in [4.69, 9.17) is 15.2 Å². The standard InChI is InChI=1S/C29H35N3O4/c1-28(2)25(29(3,4)27(28)36-22-11-8-20(16-30)24(15-22)35-5)23-14-18(17-33)12-13-32(23)21-9-6-19(7-10-21)26(31)34/h6-11,15,17-18,23,25,27H,12-14H2,1-5H3,(H2,31,34). The lowest BCUT2D eigenvalue weighted by Crippen LogP contribution is -2.72. The molecule has 7 heteroatoms. The monoisotopic (exact) mass is 489 g/mol. The van der Waals surface area contributed by atoms with Crippen LogP contribution in [0.25, 0.3) is 0 Å². The molecule has 7 nitrogen and oxygen atoms in total. The Morgan fingerprint density at radius 2 is 1.81 bits per heavy atom. The molecular weight excluding hydrogens is 454 g/mol. The molecular formula is C29H35N3O4. The predicted molar refractivity (Wildman–Crippen MR) is 138 cm³/mol. The Kier molecular flexibility index (Phi) is 6.74. The van der Waals surface area contributed by atoms with Crippen LogP contribution in [0.1, 0.15) is 56.5 Å². The van der Waals surface area contributed by atoms with Gasteiger partial charge in [0.2, 0.25) is 5.91 Å². The number of amides is 1. The molecule has 190 valence electrons. The zero-order valence-corrected chi connectivity index (χ0v) is 21.7. The lowest BCUT2D eigenvalue weighted by atomic mass is 9.43. The first-order valence-electron chi connectivity index (χ1n) is 12.4. The van der Waals surface area contributed by atoms with E-state index >= 15 is 0 Å². The molecule has 36 heavy (non-hydrogen) atoms. The van der Waals surface area contributed by atoms with Gasteiger partial charge in [0.05, 0.1) is 12.7 Å². The summed E-state index contributed by atoms with van der Waals surface area (Å²) in [7, 11) is 1.55. The highest BCUT2D eigenvalue weighted by Gasteiger charge is 2.66. The Labute approximate surface area is 213 Å². The van der Waals surface area contributed by atoms with Crippen LogP contribution in [0.2, 0.25) is 0 Å². The second-order valence-corrected chi connectivity index (χ2v) is 11.2. The van der Waals surface area contributed by atoms with Crippen molar-refractivity contribution in [3.63, 3.8) is 0 Å². The maximum Gasteiger partial charge on any atom is 0.248 e. The molecule has 0 bridgehead atoms. The average molecular weight is 490 g/mol. The SMILES string of the molecule is COc1cc(OC2C(C)(C)C(C3CC(C=O)CCN3c3ccc(C(N)=O)cc3)C2(C)C)ccc1C#N. The van der Waals surface area contributed by atoms with Gasteiger partial charge in [-0.1, -0.05) is 27.7 Å². The quantitative estimate of drug-likeness (QED) is 0.571. The summed E-state index contributed by atoms with van der Waals surface area (Å²) in [4.78, 5) is 25.8. The molecule has 1 saturated carbocycles. The van der Waals surface area contributed by atoms with Crippen molar-refractivity contribution in [3.8, 4) is 17.6 Å². The molecule has 2 fully saturated rings. The Morgan fingerprint density at radius 1 is 1.14 bits per heavy atom. The van der Waals surface area contributed by atoms with Crippen LogP contribution in [0, 0.1) is 34.0 Å². The summed E-state index contributed by atoms with van der Waals surface area (Å²) >= 11 is 0. The van der Waals surface area contributed by atoms with Gasteiger partial charge in [-0.05, 0) is 55.2 Å². The molecule has 2 aliphatic rings. The number of nitrogens with zero attached hydrogens (tertiary/aromatic N) is 2. The Morgan fingerprint density at radius 3 is 2.36 bits per heavy atom. The third-order valence-electron chi connectivity index (χ3n) is 8.25. The highest BCUT2D eigenvalue weighted by atomic mass is 16.5. The fraction of sp³-hybridized carbons (Fsp3) is 0.483. The van der Waals surface area contributed by atoms with Crippen molar-refractivity contribution in [2.45, 2.75) is 52.7 Å². The van der Waals surface area contributed by atoms with Crippen molar-refractivity contribution in [2.75, 3.05) is 18.6 Å². The number of anilines is 1. The predicted octanol–water partition coefficient (Wildman–Crippen LogP) is 4.58. The molecule has 1 saturated heterocycles. The molecule has 0 radical (unpaired) electrons. The van der Waals surface area contributed by atoms with E-state index in [1.165, 1.54) is 0 Å². The molecule has 0 spiro atoms. The van der Waals surface area contributed by atoms with Crippen molar-refractivity contribution in [1.29, 1.82) is 5.26 Å². The number of benzene rings is 2. The molecule has 2 aromatic rings. The van der Waals surface area contributed by atoms with Crippen molar-refractivity contribution >= 4 is 17.9 Å². The first-order chi connectivity index (χ1) is 17.0. The van der Waals surface area contributed by atoms with Crippen LogP contribution in [0.5, 0.6) is 11.5 Å². The summed E-state index contributed by atoms with van der Waals surface area (Å²) in [5, 5.41) is 9.30. The molecule has 1 heterocycles. The highest BCUT2D eigenvalue weighted by Crippen LogP contribution is 2.63. The molecule has 2 unspecified atom stereocenters. The van der Waals surface area contributed by atoms with Gasteiger partial charge in [-0.2, -0.15) is 5.26 Å². The van der Waals surface area contributed by atoms with Crippen LogP contribution >= 0.6 is 0 Å². The van der Waals surface area contributed by atoms with Crippen LogP contribution in [0.15, 0.2) is 42.5 Å². The fourth-order valence-electron chi connectivity index (χ4n) is 7.02. The highest BCUT2D eigenvalue weighted by molar-refractivity contribution is 5.93. The van der Waals surface area contributed by atoms with Crippen molar-refractivity contribution in [2.24, 2.45) is 28.4 Å². The van der Waals surface area contributed by atoms with E-state index in [9.17, 15) is 14.9 Å². The zero-order chi connectivity index (χ0) is 26.3. The number of piperidine rings is 1. The van der Waals surface area contributed by atoms with Gasteiger partial charge in [0.15, 0.2) is 0 Å². The maximum atomic E-state index is 11.8. The van der Waals surface area contributed by atoms with Gasteiger partial charge in [0, 0.05) is 46.7 Å². The Hall–Kier alpha value is -3.53. The number of carbonyl (C=O) groups excluding carboxylic acids is 2. The van der Waals surface area contributed by atoms with Gasteiger partial charge >= 0.3 is 0 Å². The number of ether oxygens (including phenoxy) is 2. The minimum atomic E-state index is -0.446. The summed E-state index contributed by atoms with van der Waals surface area (Å²) in [6, 6.07) is 15.0. The fourth-order valence-corrected chi connectivity index (χ4v) is 7.02. The van der Waals surface area contributed by atoms with E-state index in [-0.39, 0.29) is 34.8 Å². The molecule has 2 atom stereocenters. The van der Waals surface area contributed by atoms with E-state index in [0.29, 0.717) is 22.6 Å². The summed E-state index contributed by atoms with van der Waals surface area (Å²) in [5.41, 5.74) is 7.04. The lowest BCUT2D eigenvalue weighted by Gasteiger charge is -2.67. The summed E-state index contributed by atoms with van der Waals surface area (Å²) < 4.78 is 11.9. The second-order valence-electron chi connectivity index (χ2n) is 11.2. The van der Waals surface area contributed by atoms with Crippen LogP contribution in [0.3, 0.4) is 0 Å². The summed E-state index contributed by atoms with van der Waals surface area (Å²) in [6.45, 7) is 9.69. The van der Waals surface area contributed by atoms with E-state index in [1.807, 2.05) is 18.2 Å². The number of hydrogen-bond acceptors (Lipinski definition) is 6. The van der Waals surface area contributed by atoms with Crippen LogP contribution in [0.4, 0.5) is 5.69 Å². The number of nitriles is 1. The molecule has 0 aromatic heterocycles. The number of carbonyl (C=O) groups is 2. The lowest BCUT2D eigenvalue weighted by molar-refractivity contribution is -0.209. The van der Waals surface area contributed by atoms with Gasteiger partial charge in [0.1, 0.15) is 30.0 Å². The van der Waals surface area contributed by atoms with Crippen molar-refractivity contribution < 1.29 is 19.1 Å². The van der Waals surface area contributed by atoms with Gasteiger partial charge in [-0.15, -0.1) is 0 Å². The second kappa shape index (κ2) is 9.50. The molecule has 1 aliphatic carbocycles. The van der Waals surface area contributed by atoms with Crippen molar-refractivity contribution in [3.05, 3.63) is 53.6 Å². The zero-order valence-electron chi connectivity index (χ0n) is 21.7. The van der Waals surface area contributed by atoms with E-state index < -0.39 is 5.91 Å². The summed E-state index contributed by atoms with van der Waals surface area (Å²) in [6.07, 6.45) is 2.59. The van der Waals surface area contributed by atoms with E-state index in [2.05, 4.69) is 38.7 Å². The van der Waals surface area contributed by atoms with Gasteiger partial charge in [-0.3, -0.25) is 4.79 Å². The molecule has 1 aliphatic heterocycles. The summed E-state index contributed by atoms with van der Waals surface area (Å²) in [5.74, 6) is 0.981. The minimum absolute atomic E-state index is 0.0190. The van der Waals surface area contributed by atoms with Crippen molar-refractivity contribution in [1.82, 2.24) is 0 Å².